The van der Waals surface area contributed by atoms with Gasteiger partial charge in [0.1, 0.15) is 0 Å². The molecule has 0 atom stereocenters. The Morgan fingerprint density at radius 3 is 2.61 bits per heavy atom. The van der Waals surface area contributed by atoms with Gasteiger partial charge in [-0.15, -0.1) is 0 Å². The van der Waals surface area contributed by atoms with Crippen molar-refractivity contribution in [3.63, 3.8) is 0 Å². The number of aryl methyl sites for hydroxylation is 2. The second kappa shape index (κ2) is 6.97. The SMILES string of the molecule is COC(=O)C1CCN(Cc2cc(C)c(C3CNC3)nc2C)CC1. The van der Waals surface area contributed by atoms with Gasteiger partial charge in [0.05, 0.1) is 13.0 Å². The smallest absolute Gasteiger partial charge is 0.308 e. The van der Waals surface area contributed by atoms with E-state index in [1.807, 2.05) is 0 Å². The predicted octanol–water partition coefficient (Wildman–Crippen LogP) is 1.77. The molecule has 3 rings (SSSR count). The molecule has 23 heavy (non-hydrogen) atoms. The Kier molecular flexibility index (Phi) is 4.97. The quantitative estimate of drug-likeness (QED) is 0.858. The van der Waals surface area contributed by atoms with Crippen LogP contribution >= 0.6 is 0 Å². The molecule has 1 aromatic heterocycles. The zero-order chi connectivity index (χ0) is 16.4. The van der Waals surface area contributed by atoms with E-state index in [-0.39, 0.29) is 11.9 Å². The van der Waals surface area contributed by atoms with Crippen LogP contribution in [0, 0.1) is 19.8 Å². The third kappa shape index (κ3) is 3.56. The van der Waals surface area contributed by atoms with Gasteiger partial charge < -0.3 is 10.1 Å². The fraction of sp³-hybridized carbons (Fsp3) is 0.667. The molecule has 5 heteroatoms. The van der Waals surface area contributed by atoms with E-state index < -0.39 is 0 Å². The summed E-state index contributed by atoms with van der Waals surface area (Å²) in [6.45, 7) is 9.22. The van der Waals surface area contributed by atoms with Gasteiger partial charge in [-0.2, -0.15) is 0 Å². The first-order valence-corrected chi connectivity index (χ1v) is 8.56. The summed E-state index contributed by atoms with van der Waals surface area (Å²) in [7, 11) is 1.48. The first-order valence-electron chi connectivity index (χ1n) is 8.56. The van der Waals surface area contributed by atoms with Gasteiger partial charge in [0.15, 0.2) is 0 Å². The molecule has 2 saturated heterocycles. The van der Waals surface area contributed by atoms with Crippen LogP contribution in [0.4, 0.5) is 0 Å². The number of carbonyl (C=O) groups is 1. The number of likely N-dealkylation sites (tertiary alicyclic amines) is 1. The molecular formula is C18H27N3O2. The van der Waals surface area contributed by atoms with E-state index in [1.165, 1.54) is 23.9 Å². The van der Waals surface area contributed by atoms with Crippen LogP contribution in [-0.4, -0.2) is 49.1 Å². The van der Waals surface area contributed by atoms with Crippen LogP contribution in [0.25, 0.3) is 0 Å². The van der Waals surface area contributed by atoms with Crippen molar-refractivity contribution in [1.29, 1.82) is 0 Å². The molecule has 0 saturated carbocycles. The van der Waals surface area contributed by atoms with Gasteiger partial charge in [0.25, 0.3) is 0 Å². The summed E-state index contributed by atoms with van der Waals surface area (Å²) in [5, 5.41) is 3.32. The van der Waals surface area contributed by atoms with E-state index in [9.17, 15) is 4.79 Å². The van der Waals surface area contributed by atoms with Crippen molar-refractivity contribution in [1.82, 2.24) is 15.2 Å². The minimum Gasteiger partial charge on any atom is -0.469 e. The van der Waals surface area contributed by atoms with E-state index >= 15 is 0 Å². The average Bonchev–Trinajstić information content (AvgIpc) is 2.50. The summed E-state index contributed by atoms with van der Waals surface area (Å²) in [6.07, 6.45) is 1.79. The monoisotopic (exact) mass is 317 g/mol. The minimum atomic E-state index is -0.0585. The molecule has 2 aliphatic rings. The largest absolute Gasteiger partial charge is 0.469 e. The van der Waals surface area contributed by atoms with Crippen LogP contribution in [0.1, 0.15) is 41.3 Å². The molecule has 1 N–H and O–H groups in total. The van der Waals surface area contributed by atoms with Crippen LogP contribution in [0.15, 0.2) is 6.07 Å². The van der Waals surface area contributed by atoms with Gasteiger partial charge in [-0.25, -0.2) is 0 Å². The molecule has 0 spiro atoms. The highest BCUT2D eigenvalue weighted by molar-refractivity contribution is 5.72. The minimum absolute atomic E-state index is 0.0585. The first-order chi connectivity index (χ1) is 11.1. The van der Waals surface area contributed by atoms with Crippen molar-refractivity contribution in [3.05, 3.63) is 28.6 Å². The molecule has 3 heterocycles. The van der Waals surface area contributed by atoms with E-state index in [0.29, 0.717) is 5.92 Å². The molecule has 5 nitrogen and oxygen atoms in total. The molecule has 2 fully saturated rings. The molecule has 0 bridgehead atoms. The maximum atomic E-state index is 11.6. The van der Waals surface area contributed by atoms with Gasteiger partial charge in [0.2, 0.25) is 0 Å². The molecule has 0 radical (unpaired) electrons. The number of nitrogens with zero attached hydrogens (tertiary/aromatic N) is 2. The molecule has 0 aromatic carbocycles. The van der Waals surface area contributed by atoms with E-state index in [4.69, 9.17) is 9.72 Å². The lowest BCUT2D eigenvalue weighted by atomic mass is 9.93. The number of piperidine rings is 1. The van der Waals surface area contributed by atoms with Crippen molar-refractivity contribution >= 4 is 5.97 Å². The number of nitrogens with one attached hydrogen (secondary N) is 1. The highest BCUT2D eigenvalue weighted by Gasteiger charge is 2.26. The number of ether oxygens (including phenoxy) is 1. The fourth-order valence-corrected chi connectivity index (χ4v) is 3.57. The first kappa shape index (κ1) is 16.4. The standard InChI is InChI=1S/C18H27N3O2/c1-12-8-15(13(2)20-17(12)16-9-19-10-16)11-21-6-4-14(5-7-21)18(22)23-3/h8,14,16,19H,4-7,9-11H2,1-3H3. The van der Waals surface area contributed by atoms with Crippen LogP contribution in [0.5, 0.6) is 0 Å². The number of hydrogen-bond donors (Lipinski definition) is 1. The highest BCUT2D eigenvalue weighted by Crippen LogP contribution is 2.25. The third-order valence-electron chi connectivity index (χ3n) is 5.23. The Morgan fingerprint density at radius 2 is 2.04 bits per heavy atom. The van der Waals surface area contributed by atoms with Gasteiger partial charge in [-0.05, 0) is 50.9 Å². The number of hydrogen-bond acceptors (Lipinski definition) is 5. The van der Waals surface area contributed by atoms with Gasteiger partial charge in [0, 0.05) is 36.9 Å². The normalized spacial score (nSPS) is 20.3. The molecular weight excluding hydrogens is 290 g/mol. The summed E-state index contributed by atoms with van der Waals surface area (Å²) >= 11 is 0. The van der Waals surface area contributed by atoms with Crippen molar-refractivity contribution < 1.29 is 9.53 Å². The molecule has 1 aromatic rings. The van der Waals surface area contributed by atoms with E-state index in [0.717, 1.165) is 51.3 Å². The maximum Gasteiger partial charge on any atom is 0.308 e. The Hall–Kier alpha value is -1.46. The fourth-order valence-electron chi connectivity index (χ4n) is 3.57. The summed E-state index contributed by atoms with van der Waals surface area (Å²) in [5.41, 5.74) is 5.03. The van der Waals surface area contributed by atoms with Crippen molar-refractivity contribution in [3.8, 4) is 0 Å². The third-order valence-corrected chi connectivity index (χ3v) is 5.23. The number of pyridine rings is 1. The van der Waals surface area contributed by atoms with Crippen LogP contribution in [0.2, 0.25) is 0 Å². The Morgan fingerprint density at radius 1 is 1.35 bits per heavy atom. The summed E-state index contributed by atoms with van der Waals surface area (Å²) < 4.78 is 4.86. The maximum absolute atomic E-state index is 11.6. The zero-order valence-corrected chi connectivity index (χ0v) is 14.4. The topological polar surface area (TPSA) is 54.5 Å². The van der Waals surface area contributed by atoms with Gasteiger partial charge in [-0.1, -0.05) is 6.07 Å². The number of aromatic nitrogens is 1. The molecule has 0 unspecified atom stereocenters. The summed E-state index contributed by atoms with van der Waals surface area (Å²) in [6, 6.07) is 2.31. The molecule has 2 aliphatic heterocycles. The number of rotatable bonds is 4. The highest BCUT2D eigenvalue weighted by atomic mass is 16.5. The predicted molar refractivity (Wildman–Crippen MR) is 89.3 cm³/mol. The zero-order valence-electron chi connectivity index (χ0n) is 14.4. The van der Waals surface area contributed by atoms with Crippen LogP contribution in [-0.2, 0) is 16.1 Å². The molecule has 0 amide bonds. The van der Waals surface area contributed by atoms with Gasteiger partial charge in [-0.3, -0.25) is 14.7 Å². The average molecular weight is 317 g/mol. The van der Waals surface area contributed by atoms with Crippen LogP contribution in [0.3, 0.4) is 0 Å². The van der Waals surface area contributed by atoms with Crippen molar-refractivity contribution in [2.75, 3.05) is 33.3 Å². The van der Waals surface area contributed by atoms with Gasteiger partial charge >= 0.3 is 5.97 Å². The van der Waals surface area contributed by atoms with E-state index in [2.05, 4.69) is 30.1 Å². The lowest BCUT2D eigenvalue weighted by Crippen LogP contribution is -2.41. The van der Waals surface area contributed by atoms with Crippen molar-refractivity contribution in [2.24, 2.45) is 5.92 Å². The second-order valence-corrected chi connectivity index (χ2v) is 6.86. The number of carbonyl (C=O) groups excluding carboxylic acids is 1. The Bertz CT molecular complexity index is 576. The Balaban J connectivity index is 1.62. The van der Waals surface area contributed by atoms with E-state index in [1.54, 1.807) is 0 Å². The molecule has 0 aliphatic carbocycles. The Labute approximate surface area is 138 Å². The second-order valence-electron chi connectivity index (χ2n) is 6.86. The lowest BCUT2D eigenvalue weighted by molar-refractivity contribution is -0.147. The summed E-state index contributed by atoms with van der Waals surface area (Å²) in [5.74, 6) is 0.598. The summed E-state index contributed by atoms with van der Waals surface area (Å²) in [4.78, 5) is 18.9. The van der Waals surface area contributed by atoms with Crippen molar-refractivity contribution in [2.45, 2.75) is 39.2 Å². The number of esters is 1. The lowest BCUT2D eigenvalue weighted by Gasteiger charge is -2.32. The molecule has 126 valence electrons. The number of methoxy groups -OCH3 is 1. The van der Waals surface area contributed by atoms with Crippen LogP contribution < -0.4 is 5.32 Å².